The van der Waals surface area contributed by atoms with Crippen molar-refractivity contribution in [2.24, 2.45) is 0 Å². The summed E-state index contributed by atoms with van der Waals surface area (Å²) < 4.78 is 13.4. The first-order chi connectivity index (χ1) is 8.54. The highest BCUT2D eigenvalue weighted by molar-refractivity contribution is 9.10. The number of hydrogen-bond acceptors (Lipinski definition) is 3. The van der Waals surface area contributed by atoms with Gasteiger partial charge in [-0.3, -0.25) is 4.79 Å². The summed E-state index contributed by atoms with van der Waals surface area (Å²) >= 11 is 4.43. The number of hydrogen-bond donors (Lipinski definition) is 2. The maximum Gasteiger partial charge on any atom is 0.327 e. The number of carboxylic acid groups (broad SMARTS) is 1. The van der Waals surface area contributed by atoms with Gasteiger partial charge in [0.2, 0.25) is 6.41 Å². The van der Waals surface area contributed by atoms with Gasteiger partial charge >= 0.3 is 5.97 Å². The van der Waals surface area contributed by atoms with E-state index in [9.17, 15) is 14.0 Å². The molecular formula is C11H11BrFNO3S. The Morgan fingerprint density at radius 2 is 2.33 bits per heavy atom. The lowest BCUT2D eigenvalue weighted by molar-refractivity contribution is -0.139. The zero-order valence-electron chi connectivity index (χ0n) is 9.23. The number of benzene rings is 1. The minimum absolute atomic E-state index is 0.253. The molecule has 1 amide bonds. The van der Waals surface area contributed by atoms with E-state index in [0.29, 0.717) is 16.6 Å². The molecule has 0 fully saturated rings. The van der Waals surface area contributed by atoms with Crippen LogP contribution in [0.5, 0.6) is 0 Å². The van der Waals surface area contributed by atoms with E-state index in [2.05, 4.69) is 21.2 Å². The van der Waals surface area contributed by atoms with E-state index in [1.54, 1.807) is 12.1 Å². The predicted molar refractivity (Wildman–Crippen MR) is 70.9 cm³/mol. The molecule has 0 bridgehead atoms. The van der Waals surface area contributed by atoms with Gasteiger partial charge in [-0.05, 0) is 33.6 Å². The first-order valence-electron chi connectivity index (χ1n) is 4.98. The van der Waals surface area contributed by atoms with Crippen LogP contribution in [0, 0.1) is 5.82 Å². The normalized spacial score (nSPS) is 11.9. The third-order valence-corrected chi connectivity index (χ3v) is 3.82. The number of carbonyl (C=O) groups excluding carboxylic acids is 1. The number of halogens is 2. The molecule has 2 N–H and O–H groups in total. The van der Waals surface area contributed by atoms with Crippen molar-refractivity contribution < 1.29 is 19.1 Å². The lowest BCUT2D eigenvalue weighted by Gasteiger charge is -2.10. The number of nitrogens with one attached hydrogen (secondary N) is 1. The lowest BCUT2D eigenvalue weighted by atomic mass is 10.2. The van der Waals surface area contributed by atoms with Crippen molar-refractivity contribution in [1.29, 1.82) is 0 Å². The lowest BCUT2D eigenvalue weighted by Crippen LogP contribution is -2.37. The average Bonchev–Trinajstić information content (AvgIpc) is 2.32. The van der Waals surface area contributed by atoms with E-state index in [1.807, 2.05) is 0 Å². The molecule has 0 saturated carbocycles. The summed E-state index contributed by atoms with van der Waals surface area (Å²) in [5.74, 6) is -0.614. The van der Waals surface area contributed by atoms with Gasteiger partial charge in [-0.1, -0.05) is 6.07 Å². The minimum Gasteiger partial charge on any atom is -0.480 e. The second-order valence-electron chi connectivity index (χ2n) is 3.44. The van der Waals surface area contributed by atoms with Crippen LogP contribution in [0.2, 0.25) is 0 Å². The standard InChI is InChI=1S/C11H11BrFNO3S/c12-8-3-7(1-2-9(8)13)4-18-5-10(11(16)17)14-6-15/h1-3,6,10H,4-5H2,(H,14,15)(H,16,17). The molecule has 7 heteroatoms. The SMILES string of the molecule is O=CNC(CSCc1ccc(F)c(Br)c1)C(=O)O. The van der Waals surface area contributed by atoms with Gasteiger partial charge in [-0.15, -0.1) is 0 Å². The van der Waals surface area contributed by atoms with Crippen LogP contribution in [0.25, 0.3) is 0 Å². The van der Waals surface area contributed by atoms with Gasteiger partial charge in [0.25, 0.3) is 0 Å². The van der Waals surface area contributed by atoms with Crippen LogP contribution in [0.3, 0.4) is 0 Å². The summed E-state index contributed by atoms with van der Waals surface area (Å²) in [4.78, 5) is 20.9. The van der Waals surface area contributed by atoms with E-state index in [4.69, 9.17) is 5.11 Å². The second-order valence-corrected chi connectivity index (χ2v) is 5.32. The van der Waals surface area contributed by atoms with Crippen LogP contribution < -0.4 is 5.32 Å². The molecule has 0 heterocycles. The van der Waals surface area contributed by atoms with E-state index in [0.717, 1.165) is 5.56 Å². The Labute approximate surface area is 116 Å². The molecule has 0 spiro atoms. The number of carbonyl (C=O) groups is 2. The molecule has 0 aliphatic heterocycles. The molecule has 1 aromatic carbocycles. The number of thioether (sulfide) groups is 1. The largest absolute Gasteiger partial charge is 0.480 e. The highest BCUT2D eigenvalue weighted by Gasteiger charge is 2.15. The maximum absolute atomic E-state index is 13.0. The zero-order valence-corrected chi connectivity index (χ0v) is 11.6. The monoisotopic (exact) mass is 335 g/mol. The van der Waals surface area contributed by atoms with Gasteiger partial charge < -0.3 is 10.4 Å². The second kappa shape index (κ2) is 7.38. The van der Waals surface area contributed by atoms with Crippen molar-refractivity contribution in [3.05, 3.63) is 34.1 Å². The maximum atomic E-state index is 13.0. The Hall–Kier alpha value is -1.08. The molecule has 0 saturated heterocycles. The molecule has 4 nitrogen and oxygen atoms in total. The van der Waals surface area contributed by atoms with Crippen molar-refractivity contribution in [1.82, 2.24) is 5.32 Å². The summed E-state index contributed by atoms with van der Waals surface area (Å²) in [6.07, 6.45) is 0.369. The van der Waals surface area contributed by atoms with E-state index in [-0.39, 0.29) is 11.6 Å². The molecule has 1 rings (SSSR count). The molecular weight excluding hydrogens is 325 g/mol. The predicted octanol–water partition coefficient (Wildman–Crippen LogP) is 2.02. The van der Waals surface area contributed by atoms with E-state index in [1.165, 1.54) is 17.8 Å². The number of aliphatic carboxylic acids is 1. The van der Waals surface area contributed by atoms with Crippen molar-refractivity contribution in [2.45, 2.75) is 11.8 Å². The molecule has 1 atom stereocenters. The minimum atomic E-state index is -1.07. The molecule has 0 radical (unpaired) electrons. The first-order valence-corrected chi connectivity index (χ1v) is 6.93. The van der Waals surface area contributed by atoms with Gasteiger partial charge in [0, 0.05) is 11.5 Å². The summed E-state index contributed by atoms with van der Waals surface area (Å²) in [5, 5.41) is 11.0. The van der Waals surface area contributed by atoms with Gasteiger partial charge in [0.15, 0.2) is 0 Å². The van der Waals surface area contributed by atoms with Crippen molar-refractivity contribution in [3.8, 4) is 0 Å². The Morgan fingerprint density at radius 3 is 2.89 bits per heavy atom. The summed E-state index contributed by atoms with van der Waals surface area (Å²) in [6, 6.07) is 3.72. The topological polar surface area (TPSA) is 66.4 Å². The van der Waals surface area contributed by atoms with Gasteiger partial charge in [0.1, 0.15) is 11.9 Å². The fourth-order valence-electron chi connectivity index (χ4n) is 1.20. The molecule has 1 unspecified atom stereocenters. The van der Waals surface area contributed by atoms with E-state index < -0.39 is 12.0 Å². The number of rotatable bonds is 7. The van der Waals surface area contributed by atoms with E-state index >= 15 is 0 Å². The third kappa shape index (κ3) is 4.66. The zero-order chi connectivity index (χ0) is 13.5. The molecule has 0 aliphatic carbocycles. The fraction of sp³-hybridized carbons (Fsp3) is 0.273. The Kier molecular flexibility index (Phi) is 6.14. The third-order valence-electron chi connectivity index (χ3n) is 2.10. The molecule has 98 valence electrons. The average molecular weight is 336 g/mol. The Bertz CT molecular complexity index is 444. The fourth-order valence-corrected chi connectivity index (χ4v) is 2.63. The van der Waals surface area contributed by atoms with Crippen LogP contribution in [0.1, 0.15) is 5.56 Å². The van der Waals surface area contributed by atoms with Crippen LogP contribution in [0.15, 0.2) is 22.7 Å². The number of amides is 1. The van der Waals surface area contributed by atoms with Crippen LogP contribution in [-0.4, -0.2) is 29.3 Å². The van der Waals surface area contributed by atoms with Crippen LogP contribution in [0.4, 0.5) is 4.39 Å². The van der Waals surface area contributed by atoms with Gasteiger partial charge in [0.05, 0.1) is 4.47 Å². The number of carboxylic acids is 1. The highest BCUT2D eigenvalue weighted by atomic mass is 79.9. The summed E-state index contributed by atoms with van der Waals surface area (Å²) in [5.41, 5.74) is 0.878. The van der Waals surface area contributed by atoms with Crippen LogP contribution in [-0.2, 0) is 15.3 Å². The Morgan fingerprint density at radius 1 is 1.61 bits per heavy atom. The van der Waals surface area contributed by atoms with Crippen molar-refractivity contribution in [3.63, 3.8) is 0 Å². The smallest absolute Gasteiger partial charge is 0.327 e. The quantitative estimate of drug-likeness (QED) is 0.748. The Balaban J connectivity index is 2.47. The summed E-state index contributed by atoms with van der Waals surface area (Å²) in [6.45, 7) is 0. The first kappa shape index (κ1) is 15.0. The molecule has 0 aliphatic rings. The van der Waals surface area contributed by atoms with Crippen LogP contribution >= 0.6 is 27.7 Å². The van der Waals surface area contributed by atoms with Crippen molar-refractivity contribution >= 4 is 40.1 Å². The summed E-state index contributed by atoms with van der Waals surface area (Å²) in [7, 11) is 0. The highest BCUT2D eigenvalue weighted by Crippen LogP contribution is 2.20. The van der Waals surface area contributed by atoms with Crippen molar-refractivity contribution in [2.75, 3.05) is 5.75 Å². The molecule has 0 aromatic heterocycles. The molecule has 18 heavy (non-hydrogen) atoms. The molecule has 1 aromatic rings. The van der Waals surface area contributed by atoms with Gasteiger partial charge in [-0.2, -0.15) is 11.8 Å². The van der Waals surface area contributed by atoms with Gasteiger partial charge in [-0.25, -0.2) is 9.18 Å².